The number of nitrogens with zero attached hydrogens (tertiary/aromatic N) is 2. The van der Waals surface area contributed by atoms with E-state index in [4.69, 9.17) is 4.74 Å². The molecule has 0 N–H and O–H groups in total. The van der Waals surface area contributed by atoms with Gasteiger partial charge in [-0.2, -0.15) is 8.78 Å². The summed E-state index contributed by atoms with van der Waals surface area (Å²) in [6.45, 7) is -0.0645. The SMILES string of the molecule is FC(F)OC[C@]1(CCc2cccs2)CCN(Cc2cccnc2)C1. The maximum absolute atomic E-state index is 12.6. The average molecular weight is 352 g/mol. The largest absolute Gasteiger partial charge is 0.345 e. The van der Waals surface area contributed by atoms with Crippen molar-refractivity contribution in [2.45, 2.75) is 32.4 Å². The third kappa shape index (κ3) is 4.82. The fourth-order valence-electron chi connectivity index (χ4n) is 3.39. The van der Waals surface area contributed by atoms with Crippen LogP contribution in [0.1, 0.15) is 23.3 Å². The predicted octanol–water partition coefficient (Wildman–Crippen LogP) is 4.21. The molecule has 0 radical (unpaired) electrons. The number of thiophene rings is 1. The first kappa shape index (κ1) is 17.5. The van der Waals surface area contributed by atoms with E-state index in [9.17, 15) is 8.78 Å². The zero-order valence-corrected chi connectivity index (χ0v) is 14.4. The standard InChI is InChI=1S/C18H22F2N2OS/c19-17(20)23-14-18(6-5-16-4-2-10-24-16)7-9-22(13-18)12-15-3-1-8-21-11-15/h1-4,8,10-11,17H,5-7,9,12-14H2/t18-/m1/s1. The van der Waals surface area contributed by atoms with E-state index in [0.29, 0.717) is 0 Å². The summed E-state index contributed by atoms with van der Waals surface area (Å²) >= 11 is 1.72. The number of hydrogen-bond acceptors (Lipinski definition) is 4. The molecule has 0 amide bonds. The second-order valence-corrected chi connectivity index (χ2v) is 7.51. The highest BCUT2D eigenvalue weighted by molar-refractivity contribution is 7.09. The number of aryl methyl sites for hydroxylation is 1. The second-order valence-electron chi connectivity index (χ2n) is 6.47. The lowest BCUT2D eigenvalue weighted by Gasteiger charge is -2.29. The Labute approximate surface area is 145 Å². The molecule has 2 aromatic rings. The number of rotatable bonds is 8. The molecule has 130 valence electrons. The molecule has 0 spiro atoms. The monoisotopic (exact) mass is 352 g/mol. The maximum Gasteiger partial charge on any atom is 0.345 e. The molecule has 1 atom stereocenters. The Balaban J connectivity index is 1.62. The van der Waals surface area contributed by atoms with Crippen molar-refractivity contribution in [1.82, 2.24) is 9.88 Å². The lowest BCUT2D eigenvalue weighted by atomic mass is 9.83. The summed E-state index contributed by atoms with van der Waals surface area (Å²) in [5.41, 5.74) is 0.962. The Morgan fingerprint density at radius 3 is 2.96 bits per heavy atom. The summed E-state index contributed by atoms with van der Waals surface area (Å²) in [5.74, 6) is 0. The van der Waals surface area contributed by atoms with Crippen molar-refractivity contribution in [3.63, 3.8) is 0 Å². The molecular formula is C18H22F2N2OS. The normalized spacial score (nSPS) is 21.6. The van der Waals surface area contributed by atoms with Crippen LogP contribution in [0.5, 0.6) is 0 Å². The number of likely N-dealkylation sites (tertiary alicyclic amines) is 1. The molecule has 1 aliphatic rings. The van der Waals surface area contributed by atoms with Crippen molar-refractivity contribution in [3.8, 4) is 0 Å². The molecule has 0 unspecified atom stereocenters. The van der Waals surface area contributed by atoms with Gasteiger partial charge in [0.05, 0.1) is 6.61 Å². The first-order chi connectivity index (χ1) is 11.7. The van der Waals surface area contributed by atoms with Gasteiger partial charge < -0.3 is 4.74 Å². The Hall–Kier alpha value is -1.37. The van der Waals surface area contributed by atoms with Crippen molar-refractivity contribution in [2.24, 2.45) is 5.41 Å². The quantitative estimate of drug-likeness (QED) is 0.712. The van der Waals surface area contributed by atoms with Gasteiger partial charge in [0.1, 0.15) is 0 Å². The van der Waals surface area contributed by atoms with Gasteiger partial charge in [0.25, 0.3) is 0 Å². The molecule has 3 rings (SSSR count). The topological polar surface area (TPSA) is 25.4 Å². The molecule has 3 nitrogen and oxygen atoms in total. The maximum atomic E-state index is 12.6. The third-order valence-electron chi connectivity index (χ3n) is 4.64. The minimum Gasteiger partial charge on any atom is -0.322 e. The second kappa shape index (κ2) is 8.14. The van der Waals surface area contributed by atoms with Crippen LogP contribution in [0.15, 0.2) is 42.0 Å². The summed E-state index contributed by atoms with van der Waals surface area (Å²) < 4.78 is 29.9. The van der Waals surface area contributed by atoms with Crippen LogP contribution in [0.2, 0.25) is 0 Å². The zero-order valence-electron chi connectivity index (χ0n) is 13.5. The van der Waals surface area contributed by atoms with Crippen molar-refractivity contribution in [1.29, 1.82) is 0 Å². The van der Waals surface area contributed by atoms with Gasteiger partial charge in [-0.3, -0.25) is 9.88 Å². The number of aromatic nitrogens is 1. The minimum absolute atomic E-state index is 0.125. The van der Waals surface area contributed by atoms with Crippen molar-refractivity contribution in [2.75, 3.05) is 19.7 Å². The van der Waals surface area contributed by atoms with E-state index in [-0.39, 0.29) is 12.0 Å². The van der Waals surface area contributed by atoms with E-state index in [0.717, 1.165) is 44.5 Å². The lowest BCUT2D eigenvalue weighted by Crippen LogP contribution is -2.32. The zero-order chi connectivity index (χ0) is 16.8. The van der Waals surface area contributed by atoms with Crippen molar-refractivity contribution in [3.05, 3.63) is 52.5 Å². The Morgan fingerprint density at radius 2 is 2.25 bits per heavy atom. The molecule has 24 heavy (non-hydrogen) atoms. The Morgan fingerprint density at radius 1 is 1.33 bits per heavy atom. The Kier molecular flexibility index (Phi) is 5.92. The van der Waals surface area contributed by atoms with Gasteiger partial charge in [0.15, 0.2) is 0 Å². The number of ether oxygens (including phenoxy) is 1. The fraction of sp³-hybridized carbons (Fsp3) is 0.500. The molecule has 1 fully saturated rings. The van der Waals surface area contributed by atoms with Crippen LogP contribution >= 0.6 is 11.3 Å². The summed E-state index contributed by atoms with van der Waals surface area (Å²) in [7, 11) is 0. The van der Waals surface area contributed by atoms with Gasteiger partial charge >= 0.3 is 6.61 Å². The molecule has 3 heterocycles. The van der Waals surface area contributed by atoms with Gasteiger partial charge in [-0.05, 0) is 48.9 Å². The molecular weight excluding hydrogens is 330 g/mol. The van der Waals surface area contributed by atoms with Crippen LogP contribution in [0.3, 0.4) is 0 Å². The summed E-state index contributed by atoms with van der Waals surface area (Å²) in [6, 6.07) is 8.12. The van der Waals surface area contributed by atoms with Crippen LogP contribution in [0.4, 0.5) is 8.78 Å². The van der Waals surface area contributed by atoms with E-state index in [1.165, 1.54) is 4.88 Å². The van der Waals surface area contributed by atoms with Crippen molar-refractivity contribution < 1.29 is 13.5 Å². The molecule has 6 heteroatoms. The van der Waals surface area contributed by atoms with Gasteiger partial charge in [-0.25, -0.2) is 0 Å². The highest BCUT2D eigenvalue weighted by atomic mass is 32.1. The first-order valence-electron chi connectivity index (χ1n) is 8.19. The summed E-state index contributed by atoms with van der Waals surface area (Å²) in [4.78, 5) is 7.77. The molecule has 0 aliphatic carbocycles. The summed E-state index contributed by atoms with van der Waals surface area (Å²) in [6.07, 6.45) is 6.32. The molecule has 0 bridgehead atoms. The van der Waals surface area contributed by atoms with E-state index in [1.54, 1.807) is 17.5 Å². The van der Waals surface area contributed by atoms with Crippen LogP contribution in [-0.4, -0.2) is 36.2 Å². The first-order valence-corrected chi connectivity index (χ1v) is 9.07. The third-order valence-corrected chi connectivity index (χ3v) is 5.58. The molecule has 1 aliphatic heterocycles. The van der Waals surface area contributed by atoms with Gasteiger partial charge in [-0.1, -0.05) is 12.1 Å². The highest BCUT2D eigenvalue weighted by Gasteiger charge is 2.38. The van der Waals surface area contributed by atoms with Crippen LogP contribution in [-0.2, 0) is 17.7 Å². The number of hydrogen-bond donors (Lipinski definition) is 0. The van der Waals surface area contributed by atoms with E-state index in [2.05, 4.69) is 21.3 Å². The van der Waals surface area contributed by atoms with Gasteiger partial charge in [-0.15, -0.1) is 11.3 Å². The molecule has 1 saturated heterocycles. The van der Waals surface area contributed by atoms with E-state index >= 15 is 0 Å². The number of alkyl halides is 2. The van der Waals surface area contributed by atoms with E-state index < -0.39 is 6.61 Å². The van der Waals surface area contributed by atoms with Crippen LogP contribution in [0, 0.1) is 5.41 Å². The molecule has 0 saturated carbocycles. The van der Waals surface area contributed by atoms with Crippen LogP contribution in [0.25, 0.3) is 0 Å². The highest BCUT2D eigenvalue weighted by Crippen LogP contribution is 2.37. The molecule has 0 aromatic carbocycles. The average Bonchev–Trinajstić information content (AvgIpc) is 3.23. The Bertz CT molecular complexity index is 609. The van der Waals surface area contributed by atoms with Crippen molar-refractivity contribution >= 4 is 11.3 Å². The fourth-order valence-corrected chi connectivity index (χ4v) is 4.10. The smallest absolute Gasteiger partial charge is 0.322 e. The van der Waals surface area contributed by atoms with Crippen LogP contribution < -0.4 is 0 Å². The summed E-state index contributed by atoms with van der Waals surface area (Å²) in [5, 5.41) is 2.06. The molecule has 2 aromatic heterocycles. The lowest BCUT2D eigenvalue weighted by molar-refractivity contribution is -0.151. The van der Waals surface area contributed by atoms with E-state index in [1.807, 2.05) is 24.4 Å². The van der Waals surface area contributed by atoms with Gasteiger partial charge in [0, 0.05) is 35.8 Å². The predicted molar refractivity (Wildman–Crippen MR) is 91.2 cm³/mol. The number of pyridine rings is 1. The number of halogens is 2. The van der Waals surface area contributed by atoms with Gasteiger partial charge in [0.2, 0.25) is 0 Å². The minimum atomic E-state index is -2.70.